The molecule has 8 nitrogen and oxygen atoms in total. The quantitative estimate of drug-likeness (QED) is 0.771. The molecule has 1 aliphatic rings. The molecule has 1 aromatic heterocycles. The molecule has 1 unspecified atom stereocenters. The van der Waals surface area contributed by atoms with Gasteiger partial charge in [0, 0.05) is 53.2 Å². The molecule has 0 saturated carbocycles. The molecule has 0 aliphatic carbocycles. The van der Waals surface area contributed by atoms with Crippen molar-refractivity contribution in [1.82, 2.24) is 19.9 Å². The van der Waals surface area contributed by atoms with E-state index < -0.39 is 22.2 Å². The molecule has 1 saturated heterocycles. The van der Waals surface area contributed by atoms with Crippen LogP contribution in [0, 0.1) is 5.41 Å². The molecule has 9 heteroatoms. The van der Waals surface area contributed by atoms with E-state index in [0.717, 1.165) is 12.8 Å². The molecule has 29 heavy (non-hydrogen) atoms. The second-order valence-corrected chi connectivity index (χ2v) is 9.44. The van der Waals surface area contributed by atoms with Crippen LogP contribution in [-0.2, 0) is 22.0 Å². The van der Waals surface area contributed by atoms with Crippen molar-refractivity contribution in [2.75, 3.05) is 19.3 Å². The minimum atomic E-state index is -1.06. The van der Waals surface area contributed by atoms with Crippen LogP contribution in [0.25, 0.3) is 0 Å². The average Bonchev–Trinajstić information content (AvgIpc) is 3.15. The summed E-state index contributed by atoms with van der Waals surface area (Å²) in [6.45, 7) is 4.56. The van der Waals surface area contributed by atoms with Crippen molar-refractivity contribution in [3.05, 3.63) is 41.7 Å². The molecule has 156 valence electrons. The molecule has 2 heterocycles. The Bertz CT molecular complexity index is 915. The van der Waals surface area contributed by atoms with Gasteiger partial charge in [-0.05, 0) is 51.0 Å². The lowest BCUT2D eigenvalue weighted by molar-refractivity contribution is -0.146. The molecule has 0 radical (unpaired) electrons. The molecule has 1 aliphatic heterocycles. The van der Waals surface area contributed by atoms with E-state index in [0.29, 0.717) is 35.7 Å². The van der Waals surface area contributed by atoms with Gasteiger partial charge in [-0.15, -0.1) is 5.10 Å². The van der Waals surface area contributed by atoms with Crippen LogP contribution in [0.15, 0.2) is 35.4 Å². The fourth-order valence-electron chi connectivity index (χ4n) is 3.41. The number of aliphatic carboxylic acids is 1. The minimum absolute atomic E-state index is 0.0284. The third-order valence-electron chi connectivity index (χ3n) is 5.32. The first-order valence-corrected chi connectivity index (χ1v) is 11.1. The van der Waals surface area contributed by atoms with Crippen LogP contribution in [0.3, 0.4) is 0 Å². The topological polar surface area (TPSA) is 105 Å². The van der Waals surface area contributed by atoms with Crippen molar-refractivity contribution in [3.63, 3.8) is 0 Å². The lowest BCUT2D eigenvalue weighted by atomic mass is 9.88. The van der Waals surface area contributed by atoms with Crippen molar-refractivity contribution in [2.45, 2.75) is 44.0 Å². The van der Waals surface area contributed by atoms with Gasteiger partial charge >= 0.3 is 5.97 Å². The van der Waals surface area contributed by atoms with Gasteiger partial charge < -0.3 is 10.0 Å². The van der Waals surface area contributed by atoms with Crippen molar-refractivity contribution >= 4 is 22.7 Å². The summed E-state index contributed by atoms with van der Waals surface area (Å²) < 4.78 is 13.3. The highest BCUT2D eigenvalue weighted by Gasteiger charge is 2.30. The van der Waals surface area contributed by atoms with E-state index in [4.69, 9.17) is 0 Å². The maximum absolute atomic E-state index is 12.7. The third-order valence-corrected chi connectivity index (χ3v) is 6.25. The minimum Gasteiger partial charge on any atom is -0.481 e. The molecular formula is C20H26N4O4S. The van der Waals surface area contributed by atoms with Gasteiger partial charge in [-0.3, -0.25) is 13.8 Å². The number of amides is 1. The summed E-state index contributed by atoms with van der Waals surface area (Å²) in [5.74, 6) is -0.892. The molecule has 1 N–H and O–H groups in total. The number of hydrogen-bond acceptors (Lipinski definition) is 5. The summed E-state index contributed by atoms with van der Waals surface area (Å²) in [6.07, 6.45) is 5.26. The van der Waals surface area contributed by atoms with Crippen molar-refractivity contribution in [2.24, 2.45) is 5.41 Å². The Balaban J connectivity index is 1.58. The summed E-state index contributed by atoms with van der Waals surface area (Å²) in [4.78, 5) is 26.5. The first kappa shape index (κ1) is 21.2. The number of piperidine rings is 1. The highest BCUT2D eigenvalue weighted by Crippen LogP contribution is 2.25. The van der Waals surface area contributed by atoms with Gasteiger partial charge in [-0.1, -0.05) is 5.21 Å². The van der Waals surface area contributed by atoms with Crippen LogP contribution in [0.2, 0.25) is 0 Å². The van der Waals surface area contributed by atoms with E-state index in [2.05, 4.69) is 10.3 Å². The average molecular weight is 419 g/mol. The Morgan fingerprint density at radius 3 is 2.38 bits per heavy atom. The standard InChI is InChI=1S/C20H26N4O4S/c1-20(2,19(26)27)12-15-13-24(22-21-15)16-8-10-23(11-9-16)18(25)14-4-6-17(7-5-14)29(3)28/h4-7,13,16H,8-12H2,1-3H3,(H,26,27). The Hall–Kier alpha value is -2.55. The van der Waals surface area contributed by atoms with E-state index in [9.17, 15) is 18.9 Å². The van der Waals surface area contributed by atoms with Crippen LogP contribution < -0.4 is 0 Å². The SMILES string of the molecule is CS(=O)c1ccc(C(=O)N2CCC(n3cc(CC(C)(C)C(=O)O)nn3)CC2)cc1. The van der Waals surface area contributed by atoms with Gasteiger partial charge in [0.25, 0.3) is 5.91 Å². The predicted molar refractivity (Wildman–Crippen MR) is 108 cm³/mol. The number of carboxylic acid groups (broad SMARTS) is 1. The Morgan fingerprint density at radius 1 is 1.21 bits per heavy atom. The smallest absolute Gasteiger partial charge is 0.309 e. The first-order valence-electron chi connectivity index (χ1n) is 9.54. The number of rotatable bonds is 6. The van der Waals surface area contributed by atoms with Gasteiger partial charge in [-0.25, -0.2) is 4.68 Å². The van der Waals surface area contributed by atoms with Crippen molar-refractivity contribution in [1.29, 1.82) is 0 Å². The predicted octanol–water partition coefficient (Wildman–Crippen LogP) is 2.15. The number of carboxylic acids is 1. The largest absolute Gasteiger partial charge is 0.481 e. The number of benzene rings is 1. The molecule has 1 aromatic carbocycles. The number of aromatic nitrogens is 3. The fraction of sp³-hybridized carbons (Fsp3) is 0.500. The monoisotopic (exact) mass is 418 g/mol. The first-order chi connectivity index (χ1) is 13.7. The number of hydrogen-bond donors (Lipinski definition) is 1. The van der Waals surface area contributed by atoms with E-state index in [1.165, 1.54) is 0 Å². The zero-order chi connectivity index (χ0) is 21.2. The third kappa shape index (κ3) is 4.90. The van der Waals surface area contributed by atoms with Crippen LogP contribution in [0.5, 0.6) is 0 Å². The van der Waals surface area contributed by atoms with E-state index >= 15 is 0 Å². The molecule has 0 spiro atoms. The van der Waals surface area contributed by atoms with E-state index in [1.807, 2.05) is 11.1 Å². The van der Waals surface area contributed by atoms with Crippen LogP contribution >= 0.6 is 0 Å². The lowest BCUT2D eigenvalue weighted by Gasteiger charge is -2.32. The highest BCUT2D eigenvalue weighted by atomic mass is 32.2. The molecule has 1 atom stereocenters. The van der Waals surface area contributed by atoms with Gasteiger partial charge in [0.05, 0.1) is 17.2 Å². The Labute approximate surface area is 172 Å². The normalized spacial score (nSPS) is 16.6. The highest BCUT2D eigenvalue weighted by molar-refractivity contribution is 7.84. The number of carbonyl (C=O) groups is 2. The Morgan fingerprint density at radius 2 is 1.83 bits per heavy atom. The molecule has 1 fully saturated rings. The lowest BCUT2D eigenvalue weighted by Crippen LogP contribution is -2.39. The van der Waals surface area contributed by atoms with Crippen LogP contribution in [-0.4, -0.2) is 60.4 Å². The fourth-order valence-corrected chi connectivity index (χ4v) is 3.93. The zero-order valence-electron chi connectivity index (χ0n) is 16.9. The maximum Gasteiger partial charge on any atom is 0.309 e. The molecule has 0 bridgehead atoms. The number of carbonyl (C=O) groups excluding carboxylic acids is 1. The van der Waals surface area contributed by atoms with Gasteiger partial charge in [0.1, 0.15) is 0 Å². The van der Waals surface area contributed by atoms with Gasteiger partial charge in [0.15, 0.2) is 0 Å². The number of likely N-dealkylation sites (tertiary alicyclic amines) is 1. The zero-order valence-corrected chi connectivity index (χ0v) is 17.7. The molecule has 2 aromatic rings. The van der Waals surface area contributed by atoms with Crippen LogP contribution in [0.1, 0.15) is 48.8 Å². The summed E-state index contributed by atoms with van der Waals surface area (Å²) >= 11 is 0. The Kier molecular flexibility index (Phi) is 6.16. The van der Waals surface area contributed by atoms with E-state index in [-0.39, 0.29) is 11.9 Å². The summed E-state index contributed by atoms with van der Waals surface area (Å²) in [5.41, 5.74) is 0.359. The maximum atomic E-state index is 12.7. The molecule has 1 amide bonds. The van der Waals surface area contributed by atoms with E-state index in [1.54, 1.807) is 49.1 Å². The van der Waals surface area contributed by atoms with Crippen molar-refractivity contribution < 1.29 is 18.9 Å². The summed E-state index contributed by atoms with van der Waals surface area (Å²) in [6, 6.07) is 7.04. The number of nitrogens with zero attached hydrogens (tertiary/aromatic N) is 4. The molecule has 3 rings (SSSR count). The van der Waals surface area contributed by atoms with Crippen LogP contribution in [0.4, 0.5) is 0 Å². The molecular weight excluding hydrogens is 392 g/mol. The van der Waals surface area contributed by atoms with Crippen molar-refractivity contribution in [3.8, 4) is 0 Å². The second-order valence-electron chi connectivity index (χ2n) is 8.06. The van der Waals surface area contributed by atoms with Gasteiger partial charge in [-0.2, -0.15) is 0 Å². The van der Waals surface area contributed by atoms with Gasteiger partial charge in [0.2, 0.25) is 0 Å². The summed E-state index contributed by atoms with van der Waals surface area (Å²) in [5, 5.41) is 17.6. The summed E-state index contributed by atoms with van der Waals surface area (Å²) in [7, 11) is -1.06. The second kappa shape index (κ2) is 8.44.